The van der Waals surface area contributed by atoms with Crippen LogP contribution in [0.2, 0.25) is 0 Å². The van der Waals surface area contributed by atoms with Crippen molar-refractivity contribution in [3.63, 3.8) is 0 Å². The number of hydrogen-bond donors (Lipinski definition) is 1. The molecular formula is C17H22N2S. The van der Waals surface area contributed by atoms with Crippen molar-refractivity contribution in [2.75, 3.05) is 23.3 Å². The Morgan fingerprint density at radius 1 is 1.25 bits per heavy atom. The maximum absolute atomic E-state index is 3.48. The molecule has 1 aromatic heterocycles. The van der Waals surface area contributed by atoms with Gasteiger partial charge in [-0.05, 0) is 54.5 Å². The van der Waals surface area contributed by atoms with Crippen molar-refractivity contribution < 1.29 is 0 Å². The Kier molecular flexibility index (Phi) is 4.26. The van der Waals surface area contributed by atoms with Crippen LogP contribution in [-0.2, 0) is 6.54 Å². The first-order valence-electron chi connectivity index (χ1n) is 7.42. The largest absolute Gasteiger partial charge is 0.380 e. The predicted octanol–water partition coefficient (Wildman–Crippen LogP) is 4.60. The van der Waals surface area contributed by atoms with E-state index < -0.39 is 0 Å². The van der Waals surface area contributed by atoms with Crippen molar-refractivity contribution in [1.29, 1.82) is 0 Å². The molecule has 1 unspecified atom stereocenters. The second-order valence-electron chi connectivity index (χ2n) is 5.67. The molecule has 1 aromatic carbocycles. The first-order chi connectivity index (χ1) is 9.81. The summed E-state index contributed by atoms with van der Waals surface area (Å²) in [6, 6.07) is 13.2. The molecule has 0 amide bonds. The van der Waals surface area contributed by atoms with Crippen LogP contribution in [0.25, 0.3) is 0 Å². The molecule has 0 aliphatic carbocycles. The molecule has 0 saturated carbocycles. The minimum atomic E-state index is 0.820. The van der Waals surface area contributed by atoms with Gasteiger partial charge in [0.2, 0.25) is 0 Å². The summed E-state index contributed by atoms with van der Waals surface area (Å²) in [7, 11) is 0. The number of piperidine rings is 1. The third-order valence-electron chi connectivity index (χ3n) is 3.94. The zero-order valence-corrected chi connectivity index (χ0v) is 12.8. The van der Waals surface area contributed by atoms with Crippen LogP contribution in [0.5, 0.6) is 0 Å². The Labute approximate surface area is 125 Å². The van der Waals surface area contributed by atoms with Gasteiger partial charge in [0.25, 0.3) is 0 Å². The van der Waals surface area contributed by atoms with Crippen LogP contribution in [0, 0.1) is 5.92 Å². The highest BCUT2D eigenvalue weighted by Gasteiger charge is 2.16. The van der Waals surface area contributed by atoms with Crippen LogP contribution in [0.15, 0.2) is 41.8 Å². The van der Waals surface area contributed by atoms with Gasteiger partial charge < -0.3 is 10.2 Å². The van der Waals surface area contributed by atoms with E-state index in [-0.39, 0.29) is 0 Å². The molecule has 0 radical (unpaired) electrons. The SMILES string of the molecule is CC1CCCN(c2ccc(NCc3cccs3)cc2)C1. The topological polar surface area (TPSA) is 15.3 Å². The Hall–Kier alpha value is -1.48. The Morgan fingerprint density at radius 3 is 2.80 bits per heavy atom. The molecule has 1 N–H and O–H groups in total. The quantitative estimate of drug-likeness (QED) is 0.884. The van der Waals surface area contributed by atoms with Gasteiger partial charge in [0.15, 0.2) is 0 Å². The maximum atomic E-state index is 3.48. The van der Waals surface area contributed by atoms with Crippen molar-refractivity contribution in [2.45, 2.75) is 26.3 Å². The van der Waals surface area contributed by atoms with E-state index in [1.165, 1.54) is 42.2 Å². The molecule has 0 spiro atoms. The van der Waals surface area contributed by atoms with Crippen LogP contribution in [0.3, 0.4) is 0 Å². The molecule has 3 heteroatoms. The van der Waals surface area contributed by atoms with Crippen molar-refractivity contribution in [3.8, 4) is 0 Å². The fraction of sp³-hybridized carbons (Fsp3) is 0.412. The molecular weight excluding hydrogens is 264 g/mol. The van der Waals surface area contributed by atoms with E-state index in [1.54, 1.807) is 11.3 Å². The van der Waals surface area contributed by atoms with Gasteiger partial charge in [-0.3, -0.25) is 0 Å². The van der Waals surface area contributed by atoms with Crippen LogP contribution >= 0.6 is 11.3 Å². The Bertz CT molecular complexity index is 518. The van der Waals surface area contributed by atoms with E-state index in [9.17, 15) is 0 Å². The van der Waals surface area contributed by atoms with Gasteiger partial charge in [-0.2, -0.15) is 0 Å². The lowest BCUT2D eigenvalue weighted by Crippen LogP contribution is -2.34. The normalized spacial score (nSPS) is 19.1. The molecule has 1 aliphatic rings. The third-order valence-corrected chi connectivity index (χ3v) is 4.81. The van der Waals surface area contributed by atoms with Gasteiger partial charge >= 0.3 is 0 Å². The van der Waals surface area contributed by atoms with E-state index in [4.69, 9.17) is 0 Å². The Morgan fingerprint density at radius 2 is 2.10 bits per heavy atom. The summed E-state index contributed by atoms with van der Waals surface area (Å²) in [5.41, 5.74) is 2.56. The summed E-state index contributed by atoms with van der Waals surface area (Å²) in [5, 5.41) is 5.60. The smallest absolute Gasteiger partial charge is 0.0494 e. The van der Waals surface area contributed by atoms with Gasteiger partial charge in [0.1, 0.15) is 0 Å². The summed E-state index contributed by atoms with van der Waals surface area (Å²) >= 11 is 1.80. The summed E-state index contributed by atoms with van der Waals surface area (Å²) < 4.78 is 0. The van der Waals surface area contributed by atoms with Crippen LogP contribution in [0.1, 0.15) is 24.6 Å². The summed E-state index contributed by atoms with van der Waals surface area (Å²) in [4.78, 5) is 3.89. The fourth-order valence-corrected chi connectivity index (χ4v) is 3.46. The number of thiophene rings is 1. The molecule has 3 rings (SSSR count). The molecule has 106 valence electrons. The van der Waals surface area contributed by atoms with Crippen LogP contribution in [0.4, 0.5) is 11.4 Å². The second kappa shape index (κ2) is 6.31. The van der Waals surface area contributed by atoms with E-state index in [0.717, 1.165) is 12.5 Å². The summed E-state index contributed by atoms with van der Waals surface area (Å²) in [6.45, 7) is 5.66. The van der Waals surface area contributed by atoms with E-state index in [2.05, 4.69) is 58.9 Å². The standard InChI is InChI=1S/C17H22N2S/c1-14-4-2-10-19(13-14)16-8-6-15(7-9-16)18-12-17-5-3-11-20-17/h3,5-9,11,14,18H,2,4,10,12-13H2,1H3. The molecule has 1 saturated heterocycles. The highest BCUT2D eigenvalue weighted by Crippen LogP contribution is 2.24. The van der Waals surface area contributed by atoms with Gasteiger partial charge in [0, 0.05) is 35.9 Å². The van der Waals surface area contributed by atoms with Gasteiger partial charge in [-0.25, -0.2) is 0 Å². The number of hydrogen-bond acceptors (Lipinski definition) is 3. The molecule has 2 heterocycles. The summed E-state index contributed by atoms with van der Waals surface area (Å²) in [6.07, 6.45) is 2.69. The lowest BCUT2D eigenvalue weighted by Gasteiger charge is -2.32. The number of rotatable bonds is 4. The zero-order chi connectivity index (χ0) is 13.8. The monoisotopic (exact) mass is 286 g/mol. The molecule has 0 bridgehead atoms. The minimum Gasteiger partial charge on any atom is -0.380 e. The van der Waals surface area contributed by atoms with Crippen molar-refractivity contribution in [2.24, 2.45) is 5.92 Å². The number of nitrogens with zero attached hydrogens (tertiary/aromatic N) is 1. The van der Waals surface area contributed by atoms with E-state index in [1.807, 2.05) is 0 Å². The lowest BCUT2D eigenvalue weighted by atomic mass is 10.00. The molecule has 20 heavy (non-hydrogen) atoms. The zero-order valence-electron chi connectivity index (χ0n) is 12.0. The summed E-state index contributed by atoms with van der Waals surface area (Å²) in [5.74, 6) is 0.820. The van der Waals surface area contributed by atoms with E-state index >= 15 is 0 Å². The maximum Gasteiger partial charge on any atom is 0.0494 e. The second-order valence-corrected chi connectivity index (χ2v) is 6.71. The van der Waals surface area contributed by atoms with Gasteiger partial charge in [-0.1, -0.05) is 13.0 Å². The highest BCUT2D eigenvalue weighted by molar-refractivity contribution is 7.09. The first kappa shape index (κ1) is 13.5. The van der Waals surface area contributed by atoms with Crippen molar-refractivity contribution >= 4 is 22.7 Å². The van der Waals surface area contributed by atoms with Crippen LogP contribution < -0.4 is 10.2 Å². The predicted molar refractivity (Wildman–Crippen MR) is 88.7 cm³/mol. The first-order valence-corrected chi connectivity index (χ1v) is 8.30. The van der Waals surface area contributed by atoms with Gasteiger partial charge in [-0.15, -0.1) is 11.3 Å². The Balaban J connectivity index is 1.59. The number of nitrogens with one attached hydrogen (secondary N) is 1. The molecule has 1 aliphatic heterocycles. The van der Waals surface area contributed by atoms with Crippen molar-refractivity contribution in [1.82, 2.24) is 0 Å². The van der Waals surface area contributed by atoms with Crippen molar-refractivity contribution in [3.05, 3.63) is 46.7 Å². The highest BCUT2D eigenvalue weighted by atomic mass is 32.1. The minimum absolute atomic E-state index is 0.820. The van der Waals surface area contributed by atoms with Gasteiger partial charge in [0.05, 0.1) is 0 Å². The van der Waals surface area contributed by atoms with Crippen LogP contribution in [-0.4, -0.2) is 13.1 Å². The molecule has 2 nitrogen and oxygen atoms in total. The molecule has 1 atom stereocenters. The number of benzene rings is 1. The molecule has 2 aromatic rings. The average Bonchev–Trinajstić information content (AvgIpc) is 2.99. The number of anilines is 2. The average molecular weight is 286 g/mol. The third kappa shape index (κ3) is 3.34. The lowest BCUT2D eigenvalue weighted by molar-refractivity contribution is 0.447. The fourth-order valence-electron chi connectivity index (χ4n) is 2.82. The van der Waals surface area contributed by atoms with E-state index in [0.29, 0.717) is 0 Å². The molecule has 1 fully saturated rings.